The van der Waals surface area contributed by atoms with Gasteiger partial charge in [0.1, 0.15) is 11.9 Å². The van der Waals surface area contributed by atoms with Crippen molar-refractivity contribution in [3.63, 3.8) is 0 Å². The van der Waals surface area contributed by atoms with Crippen LogP contribution in [0.2, 0.25) is 0 Å². The number of aromatic nitrogens is 2. The number of nitrogens with one attached hydrogen (secondary N) is 2. The Bertz CT molecular complexity index is 1920. The highest BCUT2D eigenvalue weighted by Gasteiger charge is 2.26. The Morgan fingerprint density at radius 3 is 2.02 bits per heavy atom. The van der Waals surface area contributed by atoms with Crippen LogP contribution in [0.5, 0.6) is 0 Å². The van der Waals surface area contributed by atoms with Crippen LogP contribution in [0.3, 0.4) is 0 Å². The molecular formula is C40H43FN4O4S. The number of benzene rings is 3. The first-order chi connectivity index (χ1) is 23.8. The number of aliphatic hydroxyl groups is 2. The first-order valence-electron chi connectivity index (χ1n) is 16.7. The van der Waals surface area contributed by atoms with Crippen molar-refractivity contribution in [2.75, 3.05) is 0 Å². The van der Waals surface area contributed by atoms with E-state index in [-0.39, 0.29) is 23.6 Å². The van der Waals surface area contributed by atoms with Gasteiger partial charge in [-0.25, -0.2) is 14.4 Å². The van der Waals surface area contributed by atoms with E-state index in [4.69, 9.17) is 0 Å². The van der Waals surface area contributed by atoms with Gasteiger partial charge in [-0.05, 0) is 59.2 Å². The largest absolute Gasteiger partial charge is 0.366 e. The van der Waals surface area contributed by atoms with Gasteiger partial charge in [-0.2, -0.15) is 0 Å². The molecule has 0 aliphatic heterocycles. The van der Waals surface area contributed by atoms with Gasteiger partial charge in [-0.3, -0.25) is 9.59 Å². The molecule has 0 aliphatic carbocycles. The van der Waals surface area contributed by atoms with E-state index in [2.05, 4.69) is 60.4 Å². The third kappa shape index (κ3) is 9.06. The molecule has 0 saturated carbocycles. The summed E-state index contributed by atoms with van der Waals surface area (Å²) in [5.74, 6) is -0.840. The summed E-state index contributed by atoms with van der Waals surface area (Å²) in [5, 5.41) is 24.4. The van der Waals surface area contributed by atoms with Crippen LogP contribution < -0.4 is 10.6 Å². The maximum Gasteiger partial charge on any atom is 0.262 e. The van der Waals surface area contributed by atoms with Gasteiger partial charge in [0.2, 0.25) is 5.91 Å². The predicted octanol–water partition coefficient (Wildman–Crippen LogP) is 7.08. The van der Waals surface area contributed by atoms with Crippen molar-refractivity contribution >= 4 is 23.2 Å². The number of aliphatic hydroxyl groups excluding tert-OH is 1. The number of halogens is 1. The molecule has 2 heterocycles. The zero-order chi connectivity index (χ0) is 36.0. The van der Waals surface area contributed by atoms with E-state index in [0.29, 0.717) is 21.8 Å². The van der Waals surface area contributed by atoms with Crippen LogP contribution in [0, 0.1) is 5.82 Å². The van der Waals surface area contributed by atoms with Crippen molar-refractivity contribution in [3.8, 4) is 33.6 Å². The molecule has 0 bridgehead atoms. The minimum atomic E-state index is -1.75. The van der Waals surface area contributed by atoms with E-state index in [1.807, 2.05) is 48.5 Å². The first kappa shape index (κ1) is 36.5. The van der Waals surface area contributed by atoms with Gasteiger partial charge in [-0.1, -0.05) is 94.8 Å². The Morgan fingerprint density at radius 2 is 1.44 bits per heavy atom. The predicted molar refractivity (Wildman–Crippen MR) is 196 cm³/mol. The van der Waals surface area contributed by atoms with Gasteiger partial charge in [0.15, 0.2) is 12.1 Å². The number of hydrogen-bond acceptors (Lipinski definition) is 7. The summed E-state index contributed by atoms with van der Waals surface area (Å²) in [6.07, 6.45) is 3.68. The van der Waals surface area contributed by atoms with Crippen molar-refractivity contribution in [1.29, 1.82) is 0 Å². The van der Waals surface area contributed by atoms with E-state index < -0.39 is 24.3 Å². The second-order valence-corrected chi connectivity index (χ2v) is 14.6. The number of carbonyl (C=O) groups is 2. The summed E-state index contributed by atoms with van der Waals surface area (Å²) < 4.78 is 15.2. The molecule has 0 saturated heterocycles. The lowest BCUT2D eigenvalue weighted by Gasteiger charge is -2.22. The number of aryl methyl sites for hydroxylation is 1. The SMILES string of the molecule is CCCc1ccc(-c2ccc(-c3cnc(-c4ccc(C[C@H](NC(=O)c5ccc(C(C)(C)C)s5)C(=O)N[C@H](C)C(O)O)cc4)nc3)c(F)c2)cc1. The maximum atomic E-state index is 15.2. The van der Waals surface area contributed by atoms with Crippen molar-refractivity contribution in [1.82, 2.24) is 20.6 Å². The minimum Gasteiger partial charge on any atom is -0.366 e. The molecule has 3 aromatic carbocycles. The molecule has 260 valence electrons. The first-order valence-corrected chi connectivity index (χ1v) is 17.5. The van der Waals surface area contributed by atoms with Gasteiger partial charge in [0.05, 0.1) is 10.9 Å². The zero-order valence-electron chi connectivity index (χ0n) is 28.9. The maximum absolute atomic E-state index is 15.2. The van der Waals surface area contributed by atoms with Crippen molar-refractivity contribution < 1.29 is 24.2 Å². The monoisotopic (exact) mass is 694 g/mol. The normalized spacial score (nSPS) is 12.8. The fourth-order valence-corrected chi connectivity index (χ4v) is 6.39. The molecule has 5 aromatic rings. The second-order valence-electron chi connectivity index (χ2n) is 13.5. The minimum absolute atomic E-state index is 0.123. The van der Waals surface area contributed by atoms with Gasteiger partial charge in [-0.15, -0.1) is 11.3 Å². The number of hydrogen-bond donors (Lipinski definition) is 4. The highest BCUT2D eigenvalue weighted by atomic mass is 32.1. The fourth-order valence-electron chi connectivity index (χ4n) is 5.42. The number of carbonyl (C=O) groups excluding carboxylic acids is 2. The molecule has 50 heavy (non-hydrogen) atoms. The Morgan fingerprint density at radius 1 is 0.820 bits per heavy atom. The van der Waals surface area contributed by atoms with Gasteiger partial charge < -0.3 is 20.8 Å². The molecule has 2 aromatic heterocycles. The summed E-state index contributed by atoms with van der Waals surface area (Å²) in [4.78, 5) is 36.9. The van der Waals surface area contributed by atoms with E-state index in [9.17, 15) is 19.8 Å². The number of nitrogens with zero attached hydrogens (tertiary/aromatic N) is 2. The van der Waals surface area contributed by atoms with Crippen molar-refractivity contribution in [3.05, 3.63) is 118 Å². The molecular weight excluding hydrogens is 652 g/mol. The van der Waals surface area contributed by atoms with Crippen LogP contribution in [0.4, 0.5) is 4.39 Å². The molecule has 8 nitrogen and oxygen atoms in total. The Kier molecular flexibility index (Phi) is 11.6. The second kappa shape index (κ2) is 15.8. The van der Waals surface area contributed by atoms with E-state index >= 15 is 4.39 Å². The summed E-state index contributed by atoms with van der Waals surface area (Å²) >= 11 is 1.37. The molecule has 10 heteroatoms. The fraction of sp³-hybridized carbons (Fsp3) is 0.300. The molecule has 0 radical (unpaired) electrons. The lowest BCUT2D eigenvalue weighted by molar-refractivity contribution is -0.128. The number of rotatable bonds is 12. The van der Waals surface area contributed by atoms with Crippen molar-refractivity contribution in [2.45, 2.75) is 77.7 Å². The van der Waals surface area contributed by atoms with Crippen LogP contribution in [-0.2, 0) is 23.1 Å². The van der Waals surface area contributed by atoms with Gasteiger partial charge >= 0.3 is 0 Å². The van der Waals surface area contributed by atoms with Crippen LogP contribution in [0.25, 0.3) is 33.6 Å². The zero-order valence-corrected chi connectivity index (χ0v) is 29.7. The van der Waals surface area contributed by atoms with Crippen LogP contribution >= 0.6 is 11.3 Å². The average molecular weight is 695 g/mol. The van der Waals surface area contributed by atoms with Crippen LogP contribution in [-0.4, -0.2) is 50.4 Å². The Hall–Kier alpha value is -4.77. The highest BCUT2D eigenvalue weighted by Crippen LogP contribution is 2.30. The molecule has 2 amide bonds. The Balaban J connectivity index is 1.28. The van der Waals surface area contributed by atoms with Crippen molar-refractivity contribution in [2.24, 2.45) is 0 Å². The lowest BCUT2D eigenvalue weighted by atomic mass is 9.95. The highest BCUT2D eigenvalue weighted by molar-refractivity contribution is 7.14. The molecule has 0 aliphatic rings. The standard InChI is InChI=1S/C40H43FN4O4S/c1-6-7-25-8-12-27(13-9-25)29-16-17-31(32(41)21-29)30-22-42-36(43-23-30)28-14-10-26(11-15-28)20-33(37(46)44-24(2)39(48)49)45-38(47)34-18-19-35(50-34)40(3,4)5/h8-19,21-24,33,39,48-49H,6-7,20H2,1-5H3,(H,44,46)(H,45,47)/t24-,33+/m1/s1. The molecule has 0 unspecified atom stereocenters. The van der Waals surface area contributed by atoms with E-state index in [1.165, 1.54) is 29.9 Å². The van der Waals surface area contributed by atoms with Gasteiger partial charge in [0.25, 0.3) is 5.91 Å². The van der Waals surface area contributed by atoms with E-state index in [1.54, 1.807) is 24.5 Å². The molecule has 0 fully saturated rings. The summed E-state index contributed by atoms with van der Waals surface area (Å²) in [6.45, 7) is 9.80. The molecule has 4 N–H and O–H groups in total. The quantitative estimate of drug-likeness (QED) is 0.104. The van der Waals surface area contributed by atoms with Crippen LogP contribution in [0.15, 0.2) is 91.3 Å². The topological polar surface area (TPSA) is 124 Å². The molecule has 2 atom stereocenters. The molecule has 5 rings (SSSR count). The Labute approximate surface area is 296 Å². The third-order valence-corrected chi connectivity index (χ3v) is 9.93. The summed E-state index contributed by atoms with van der Waals surface area (Å²) in [7, 11) is 0. The smallest absolute Gasteiger partial charge is 0.262 e. The number of thiophene rings is 1. The lowest BCUT2D eigenvalue weighted by Crippen LogP contribution is -2.52. The summed E-state index contributed by atoms with van der Waals surface area (Å²) in [5.41, 5.74) is 5.33. The molecule has 0 spiro atoms. The van der Waals surface area contributed by atoms with Crippen LogP contribution in [0.1, 0.15) is 66.7 Å². The average Bonchev–Trinajstić information content (AvgIpc) is 3.61. The van der Waals surface area contributed by atoms with E-state index in [0.717, 1.165) is 40.0 Å². The summed E-state index contributed by atoms with van der Waals surface area (Å²) in [6, 6.07) is 22.4. The third-order valence-electron chi connectivity index (χ3n) is 8.42. The van der Waals surface area contributed by atoms with Gasteiger partial charge in [0, 0.05) is 40.4 Å². The number of amides is 2.